The first-order chi connectivity index (χ1) is 22.4. The highest BCUT2D eigenvalue weighted by Gasteiger charge is 2.26. The zero-order valence-electron chi connectivity index (χ0n) is 27.0. The van der Waals surface area contributed by atoms with Crippen LogP contribution in [-0.2, 0) is 9.47 Å². The van der Waals surface area contributed by atoms with E-state index < -0.39 is 17.5 Å². The zero-order valence-corrected chi connectivity index (χ0v) is 28.5. The highest BCUT2D eigenvalue weighted by molar-refractivity contribution is 6.36. The fraction of sp³-hybridized carbons (Fsp3) is 0.441. The maximum absolute atomic E-state index is 14.2. The normalized spacial score (nSPS) is 16.4. The van der Waals surface area contributed by atoms with Crippen molar-refractivity contribution in [2.24, 2.45) is 0 Å². The number of nitrogens with zero attached hydrogens (tertiary/aromatic N) is 4. The number of halogens is 3. The van der Waals surface area contributed by atoms with E-state index in [2.05, 4.69) is 9.88 Å². The highest BCUT2D eigenvalue weighted by Crippen LogP contribution is 2.38. The van der Waals surface area contributed by atoms with E-state index in [1.54, 1.807) is 30.3 Å². The molecule has 0 saturated carbocycles. The number of rotatable bonds is 9. The molecule has 2 aliphatic rings. The maximum Gasteiger partial charge on any atom is 0.410 e. The number of hydrogen-bond acceptors (Lipinski definition) is 9. The molecule has 2 aliphatic heterocycles. The summed E-state index contributed by atoms with van der Waals surface area (Å²) in [4.78, 5) is 25.8. The van der Waals surface area contributed by atoms with Gasteiger partial charge in [-0.25, -0.2) is 14.2 Å². The lowest BCUT2D eigenvalue weighted by molar-refractivity contribution is 0.0270. The third-order valence-electron chi connectivity index (χ3n) is 7.79. The maximum atomic E-state index is 14.2. The quantitative estimate of drug-likeness (QED) is 0.237. The molecule has 5 rings (SSSR count). The number of carbonyl (C=O) groups is 1. The van der Waals surface area contributed by atoms with Crippen molar-refractivity contribution < 1.29 is 28.1 Å². The number of nitrogens with two attached hydrogens (primary N) is 1. The number of aromatic nitrogens is 2. The van der Waals surface area contributed by atoms with E-state index in [4.69, 9.17) is 52.9 Å². The topological polar surface area (TPSA) is 112 Å². The van der Waals surface area contributed by atoms with Crippen LogP contribution >= 0.6 is 23.2 Å². The Morgan fingerprint density at radius 3 is 2.47 bits per heavy atom. The fourth-order valence-electron chi connectivity index (χ4n) is 5.31. The second-order valence-corrected chi connectivity index (χ2v) is 13.2. The molecule has 0 radical (unpaired) electrons. The Kier molecular flexibility index (Phi) is 11.1. The molecule has 4 heterocycles. The number of anilines is 1. The minimum Gasteiger partial charge on any atom is -0.490 e. The molecule has 1 saturated heterocycles. The molecule has 1 amide bonds. The zero-order chi connectivity index (χ0) is 33.7. The van der Waals surface area contributed by atoms with Crippen LogP contribution in [0.25, 0.3) is 16.7 Å². The van der Waals surface area contributed by atoms with Gasteiger partial charge >= 0.3 is 6.09 Å². The first kappa shape index (κ1) is 34.7. The predicted octanol–water partition coefficient (Wildman–Crippen LogP) is 7.05. The number of morpholine rings is 1. The molecule has 47 heavy (non-hydrogen) atoms. The first-order valence-corrected chi connectivity index (χ1v) is 16.3. The van der Waals surface area contributed by atoms with Crippen LogP contribution in [0.5, 0.6) is 11.5 Å². The number of amides is 1. The largest absolute Gasteiger partial charge is 0.490 e. The van der Waals surface area contributed by atoms with Gasteiger partial charge in [0.15, 0.2) is 11.6 Å². The molecule has 10 nitrogen and oxygen atoms in total. The van der Waals surface area contributed by atoms with Gasteiger partial charge in [0.2, 0.25) is 0 Å². The van der Waals surface area contributed by atoms with Crippen molar-refractivity contribution in [1.82, 2.24) is 19.8 Å². The van der Waals surface area contributed by atoms with Gasteiger partial charge in [0.1, 0.15) is 35.6 Å². The van der Waals surface area contributed by atoms with Crippen LogP contribution in [-0.4, -0.2) is 84.0 Å². The summed E-state index contributed by atoms with van der Waals surface area (Å²) in [5, 5.41) is 0.161. The Bertz CT molecular complexity index is 1630. The van der Waals surface area contributed by atoms with Crippen molar-refractivity contribution in [2.75, 3.05) is 58.3 Å². The predicted molar refractivity (Wildman–Crippen MR) is 180 cm³/mol. The minimum atomic E-state index is -0.719. The molecular weight excluding hydrogens is 648 g/mol. The van der Waals surface area contributed by atoms with E-state index >= 15 is 0 Å². The Balaban J connectivity index is 1.40. The molecule has 0 aliphatic carbocycles. The summed E-state index contributed by atoms with van der Waals surface area (Å²) in [6, 6.07) is 6.30. The third kappa shape index (κ3) is 8.84. The van der Waals surface area contributed by atoms with Crippen molar-refractivity contribution in [1.29, 1.82) is 0 Å². The first-order valence-electron chi connectivity index (χ1n) is 15.6. The fourth-order valence-corrected chi connectivity index (χ4v) is 5.99. The number of pyridine rings is 2. The lowest BCUT2D eigenvalue weighted by Crippen LogP contribution is -2.39. The molecule has 2 N–H and O–H groups in total. The van der Waals surface area contributed by atoms with Crippen LogP contribution in [0.4, 0.5) is 15.0 Å². The van der Waals surface area contributed by atoms with Crippen LogP contribution in [0.2, 0.25) is 10.0 Å². The molecule has 0 bridgehead atoms. The van der Waals surface area contributed by atoms with E-state index in [1.807, 2.05) is 32.9 Å². The summed E-state index contributed by atoms with van der Waals surface area (Å²) in [5.74, 6) is 0.443. The van der Waals surface area contributed by atoms with E-state index in [1.165, 1.54) is 12.1 Å². The van der Waals surface area contributed by atoms with E-state index in [0.29, 0.717) is 61.9 Å². The SMILES string of the molecule is CC(Oc1cc(-c2cnc(C3=CCN(C(=O)OC(C)(C)C)CC3)c(OCCN3CCOCC3)c2)cnc1N)c1c(Cl)ccc(F)c1Cl. The molecule has 252 valence electrons. The Hall–Kier alpha value is -3.64. The average molecular weight is 689 g/mol. The van der Waals surface area contributed by atoms with Crippen molar-refractivity contribution in [3.05, 3.63) is 69.9 Å². The monoisotopic (exact) mass is 687 g/mol. The van der Waals surface area contributed by atoms with Gasteiger partial charge < -0.3 is 29.6 Å². The van der Waals surface area contributed by atoms with Gasteiger partial charge in [0, 0.05) is 66.8 Å². The van der Waals surface area contributed by atoms with Crippen LogP contribution < -0.4 is 15.2 Å². The van der Waals surface area contributed by atoms with Crippen LogP contribution in [0.15, 0.2) is 42.7 Å². The van der Waals surface area contributed by atoms with Gasteiger partial charge in [-0.2, -0.15) is 0 Å². The molecule has 1 aromatic carbocycles. The van der Waals surface area contributed by atoms with Crippen LogP contribution in [0.3, 0.4) is 0 Å². The highest BCUT2D eigenvalue weighted by atomic mass is 35.5. The summed E-state index contributed by atoms with van der Waals surface area (Å²) >= 11 is 12.5. The third-order valence-corrected chi connectivity index (χ3v) is 8.51. The van der Waals surface area contributed by atoms with Gasteiger partial charge in [-0.3, -0.25) is 9.88 Å². The van der Waals surface area contributed by atoms with E-state index in [9.17, 15) is 9.18 Å². The van der Waals surface area contributed by atoms with Crippen LogP contribution in [0.1, 0.15) is 51.5 Å². The van der Waals surface area contributed by atoms with Crippen molar-refractivity contribution in [3.8, 4) is 22.6 Å². The standard InChI is InChI=1S/C34H40Cl2FN5O5/c1-21(29-25(35)5-6-26(37)30(29)36)46-28-18-24(20-40-32(28)38)23-17-27(45-16-13-41-11-14-44-15-12-41)31(39-19-23)22-7-9-42(10-8-22)33(43)47-34(2,3)4/h5-7,17-21H,8-16H2,1-4H3,(H2,38,40). The Morgan fingerprint density at radius 1 is 1.09 bits per heavy atom. The number of benzene rings is 1. The lowest BCUT2D eigenvalue weighted by Gasteiger charge is -2.30. The molecule has 1 atom stereocenters. The molecule has 1 fully saturated rings. The Labute approximate surface area is 284 Å². The second kappa shape index (κ2) is 15.1. The van der Waals surface area contributed by atoms with Crippen molar-refractivity contribution in [3.63, 3.8) is 0 Å². The second-order valence-electron chi connectivity index (χ2n) is 12.4. The molecule has 3 aromatic rings. The summed E-state index contributed by atoms with van der Waals surface area (Å²) < 4.78 is 37.7. The van der Waals surface area contributed by atoms with Gasteiger partial charge in [0.05, 0.1) is 18.2 Å². The number of hydrogen-bond donors (Lipinski definition) is 1. The summed E-state index contributed by atoms with van der Waals surface area (Å²) in [6.45, 7) is 12.5. The van der Waals surface area contributed by atoms with E-state index in [0.717, 1.165) is 30.8 Å². The molecule has 1 unspecified atom stereocenters. The summed E-state index contributed by atoms with van der Waals surface area (Å²) in [5.41, 5.74) is 9.03. The van der Waals surface area contributed by atoms with Gasteiger partial charge in [-0.05, 0) is 64.0 Å². The molecule has 13 heteroatoms. The van der Waals surface area contributed by atoms with Crippen molar-refractivity contribution >= 4 is 40.7 Å². The van der Waals surface area contributed by atoms with E-state index in [-0.39, 0.29) is 27.7 Å². The van der Waals surface area contributed by atoms with Gasteiger partial charge in [-0.15, -0.1) is 0 Å². The Morgan fingerprint density at radius 2 is 1.79 bits per heavy atom. The minimum absolute atomic E-state index is 0.113. The average Bonchev–Trinajstić information content (AvgIpc) is 3.04. The van der Waals surface area contributed by atoms with Gasteiger partial charge in [0.25, 0.3) is 0 Å². The number of nitrogen functional groups attached to an aromatic ring is 1. The number of carbonyl (C=O) groups excluding carboxylic acids is 1. The summed E-state index contributed by atoms with van der Waals surface area (Å²) in [7, 11) is 0. The van der Waals surface area contributed by atoms with Gasteiger partial charge in [-0.1, -0.05) is 29.3 Å². The molecule has 2 aromatic heterocycles. The van der Waals surface area contributed by atoms with Crippen LogP contribution in [0, 0.1) is 5.82 Å². The summed E-state index contributed by atoms with van der Waals surface area (Å²) in [6.07, 6.45) is 4.89. The van der Waals surface area contributed by atoms with Crippen molar-refractivity contribution in [2.45, 2.75) is 45.8 Å². The lowest BCUT2D eigenvalue weighted by atomic mass is 10.0. The smallest absolute Gasteiger partial charge is 0.410 e. The molecule has 0 spiro atoms. The molecular formula is C34H40Cl2FN5O5. The number of ether oxygens (including phenoxy) is 4.